The minimum Gasteiger partial charge on any atom is -0.507 e. The van der Waals surface area contributed by atoms with Gasteiger partial charge in [0.1, 0.15) is 17.6 Å². The Morgan fingerprint density at radius 1 is 0.825 bits per heavy atom. The number of halogens is 2. The van der Waals surface area contributed by atoms with Crippen molar-refractivity contribution in [1.82, 2.24) is 10.6 Å². The molecule has 4 aromatic carbocycles. The van der Waals surface area contributed by atoms with Gasteiger partial charge in [-0.25, -0.2) is 4.39 Å². The number of hydrogen-bond donors (Lipinski definition) is 4. The van der Waals surface area contributed by atoms with Crippen LogP contribution in [0.3, 0.4) is 0 Å². The predicted octanol–water partition coefficient (Wildman–Crippen LogP) is 5.45. The Labute approximate surface area is 235 Å². The number of carbonyl (C=O) groups is 3. The maximum absolute atomic E-state index is 13.6. The summed E-state index contributed by atoms with van der Waals surface area (Å²) in [5, 5.41) is 24.5. The molecule has 4 N–H and O–H groups in total. The standard InChI is InChI=1S/C31H26ClFN2O5/c32-25-18-23(10-12-26(25)33)22-11-13-28(36)24(17-22)30(39)35-27(31(40)34-15-14-29(37)38)16-19-6-8-21(9-7-19)20-4-2-1-3-5-20/h1-13,17-18,27,36H,14-16H2,(H,34,40)(H,35,39)(H,37,38)/t27-/m0/s1. The fourth-order valence-corrected chi connectivity index (χ4v) is 4.31. The molecule has 0 heterocycles. The molecule has 0 spiro atoms. The Bertz CT molecular complexity index is 1530. The predicted molar refractivity (Wildman–Crippen MR) is 151 cm³/mol. The van der Waals surface area contributed by atoms with Gasteiger partial charge in [-0.15, -0.1) is 0 Å². The molecule has 0 fully saturated rings. The number of benzene rings is 4. The molecule has 2 amide bonds. The van der Waals surface area contributed by atoms with Gasteiger partial charge in [0.2, 0.25) is 5.91 Å². The molecule has 0 radical (unpaired) electrons. The number of carbonyl (C=O) groups excluding carboxylic acids is 2. The molecule has 40 heavy (non-hydrogen) atoms. The Hall–Kier alpha value is -4.69. The van der Waals surface area contributed by atoms with Crippen LogP contribution in [0.15, 0.2) is 91.0 Å². The second-order valence-electron chi connectivity index (χ2n) is 9.09. The number of hydrogen-bond acceptors (Lipinski definition) is 4. The fraction of sp³-hybridized carbons (Fsp3) is 0.129. The number of carboxylic acid groups (broad SMARTS) is 1. The summed E-state index contributed by atoms with van der Waals surface area (Å²) in [6.07, 6.45) is -0.158. The highest BCUT2D eigenvalue weighted by Gasteiger charge is 2.24. The van der Waals surface area contributed by atoms with Crippen molar-refractivity contribution in [2.75, 3.05) is 6.54 Å². The van der Waals surface area contributed by atoms with Crippen LogP contribution >= 0.6 is 11.6 Å². The molecule has 0 aliphatic carbocycles. The van der Waals surface area contributed by atoms with Gasteiger partial charge >= 0.3 is 5.97 Å². The zero-order valence-corrected chi connectivity index (χ0v) is 22.0. The van der Waals surface area contributed by atoms with Crippen LogP contribution < -0.4 is 10.6 Å². The van der Waals surface area contributed by atoms with Crippen molar-refractivity contribution in [3.63, 3.8) is 0 Å². The van der Waals surface area contributed by atoms with Crippen molar-refractivity contribution in [2.45, 2.75) is 18.9 Å². The molecule has 0 saturated carbocycles. The molecule has 0 unspecified atom stereocenters. The third-order valence-electron chi connectivity index (χ3n) is 6.25. The van der Waals surface area contributed by atoms with Crippen molar-refractivity contribution >= 4 is 29.4 Å². The quantitative estimate of drug-likeness (QED) is 0.206. The van der Waals surface area contributed by atoms with E-state index in [-0.39, 0.29) is 35.7 Å². The lowest BCUT2D eigenvalue weighted by Crippen LogP contribution is -2.48. The van der Waals surface area contributed by atoms with E-state index in [1.165, 1.54) is 30.3 Å². The summed E-state index contributed by atoms with van der Waals surface area (Å²) < 4.78 is 13.6. The largest absolute Gasteiger partial charge is 0.507 e. The fourth-order valence-electron chi connectivity index (χ4n) is 4.13. The van der Waals surface area contributed by atoms with Crippen LogP contribution in [0, 0.1) is 5.82 Å². The van der Waals surface area contributed by atoms with E-state index in [9.17, 15) is 23.9 Å². The zero-order valence-electron chi connectivity index (χ0n) is 21.2. The van der Waals surface area contributed by atoms with E-state index in [0.29, 0.717) is 11.1 Å². The van der Waals surface area contributed by atoms with Crippen LogP contribution in [0.25, 0.3) is 22.3 Å². The van der Waals surface area contributed by atoms with Gasteiger partial charge in [0.25, 0.3) is 5.91 Å². The molecular weight excluding hydrogens is 535 g/mol. The zero-order chi connectivity index (χ0) is 28.6. The Kier molecular flexibility index (Phi) is 9.14. The summed E-state index contributed by atoms with van der Waals surface area (Å²) in [6, 6.07) is 24.6. The van der Waals surface area contributed by atoms with Crippen LogP contribution in [-0.4, -0.2) is 40.6 Å². The van der Waals surface area contributed by atoms with Crippen molar-refractivity contribution in [3.8, 4) is 28.0 Å². The van der Waals surface area contributed by atoms with E-state index in [2.05, 4.69) is 10.6 Å². The molecule has 7 nitrogen and oxygen atoms in total. The molecule has 0 aliphatic heterocycles. The van der Waals surface area contributed by atoms with Crippen molar-refractivity contribution < 1.29 is 29.0 Å². The van der Waals surface area contributed by atoms with Gasteiger partial charge in [0.05, 0.1) is 17.0 Å². The second-order valence-corrected chi connectivity index (χ2v) is 9.50. The lowest BCUT2D eigenvalue weighted by molar-refractivity contribution is -0.137. The molecule has 204 valence electrons. The highest BCUT2D eigenvalue weighted by molar-refractivity contribution is 6.31. The van der Waals surface area contributed by atoms with Gasteiger partial charge in [-0.2, -0.15) is 0 Å². The van der Waals surface area contributed by atoms with E-state index in [1.807, 2.05) is 54.6 Å². The third-order valence-corrected chi connectivity index (χ3v) is 6.54. The van der Waals surface area contributed by atoms with Crippen molar-refractivity contribution in [1.29, 1.82) is 0 Å². The van der Waals surface area contributed by atoms with E-state index in [0.717, 1.165) is 16.7 Å². The molecule has 1 atom stereocenters. The van der Waals surface area contributed by atoms with Gasteiger partial charge < -0.3 is 20.8 Å². The van der Waals surface area contributed by atoms with Gasteiger partial charge in [0, 0.05) is 13.0 Å². The summed E-state index contributed by atoms with van der Waals surface area (Å²) in [6.45, 7) is -0.112. The van der Waals surface area contributed by atoms with E-state index < -0.39 is 29.6 Å². The lowest BCUT2D eigenvalue weighted by atomic mass is 9.99. The number of amides is 2. The first-order valence-corrected chi connectivity index (χ1v) is 12.8. The second kappa shape index (κ2) is 12.9. The van der Waals surface area contributed by atoms with Crippen LogP contribution in [0.5, 0.6) is 5.75 Å². The van der Waals surface area contributed by atoms with Crippen LogP contribution in [0.4, 0.5) is 4.39 Å². The van der Waals surface area contributed by atoms with E-state index in [4.69, 9.17) is 16.7 Å². The molecular formula is C31H26ClFN2O5. The Morgan fingerprint density at radius 3 is 2.12 bits per heavy atom. The summed E-state index contributed by atoms with van der Waals surface area (Å²) in [5.74, 6) is -3.25. The van der Waals surface area contributed by atoms with Crippen LogP contribution in [0.2, 0.25) is 5.02 Å². The minimum atomic E-state index is -1.07. The molecule has 4 aromatic rings. The SMILES string of the molecule is O=C(O)CCNC(=O)[C@H](Cc1ccc(-c2ccccc2)cc1)NC(=O)c1cc(-c2ccc(F)c(Cl)c2)ccc1O. The van der Waals surface area contributed by atoms with Gasteiger partial charge in [-0.3, -0.25) is 14.4 Å². The molecule has 9 heteroatoms. The Morgan fingerprint density at radius 2 is 1.45 bits per heavy atom. The van der Waals surface area contributed by atoms with Gasteiger partial charge in [-0.1, -0.05) is 78.3 Å². The van der Waals surface area contributed by atoms with E-state index >= 15 is 0 Å². The smallest absolute Gasteiger partial charge is 0.305 e. The molecule has 4 rings (SSSR count). The first-order valence-electron chi connectivity index (χ1n) is 12.4. The average Bonchev–Trinajstić information content (AvgIpc) is 2.95. The third kappa shape index (κ3) is 7.24. The van der Waals surface area contributed by atoms with Crippen molar-refractivity contribution in [3.05, 3.63) is 113 Å². The molecule has 0 aliphatic rings. The Balaban J connectivity index is 1.56. The number of rotatable bonds is 10. The van der Waals surface area contributed by atoms with Crippen LogP contribution in [-0.2, 0) is 16.0 Å². The number of phenolic OH excluding ortho intramolecular Hbond substituents is 1. The van der Waals surface area contributed by atoms with Crippen molar-refractivity contribution in [2.24, 2.45) is 0 Å². The number of nitrogens with one attached hydrogen (secondary N) is 2. The normalized spacial score (nSPS) is 11.4. The first-order chi connectivity index (χ1) is 19.2. The molecule has 0 bridgehead atoms. The highest BCUT2D eigenvalue weighted by atomic mass is 35.5. The monoisotopic (exact) mass is 560 g/mol. The first kappa shape index (κ1) is 28.3. The summed E-state index contributed by atoms with van der Waals surface area (Å²) in [5.41, 5.74) is 3.71. The van der Waals surface area contributed by atoms with Gasteiger partial charge in [0.15, 0.2) is 0 Å². The highest BCUT2D eigenvalue weighted by Crippen LogP contribution is 2.29. The topological polar surface area (TPSA) is 116 Å². The molecule has 0 saturated heterocycles. The molecule has 0 aromatic heterocycles. The van der Waals surface area contributed by atoms with Crippen LogP contribution in [0.1, 0.15) is 22.3 Å². The number of carboxylic acids is 1. The lowest BCUT2D eigenvalue weighted by Gasteiger charge is -2.19. The maximum Gasteiger partial charge on any atom is 0.305 e. The number of aromatic hydroxyl groups is 1. The summed E-state index contributed by atoms with van der Waals surface area (Å²) in [4.78, 5) is 37.2. The average molecular weight is 561 g/mol. The minimum absolute atomic E-state index is 0.0899. The summed E-state index contributed by atoms with van der Waals surface area (Å²) >= 11 is 5.90. The van der Waals surface area contributed by atoms with Gasteiger partial charge in [-0.05, 0) is 52.1 Å². The summed E-state index contributed by atoms with van der Waals surface area (Å²) in [7, 11) is 0. The maximum atomic E-state index is 13.6. The number of aliphatic carboxylic acids is 1. The van der Waals surface area contributed by atoms with E-state index in [1.54, 1.807) is 6.07 Å². The number of phenols is 1.